The summed E-state index contributed by atoms with van der Waals surface area (Å²) in [5.74, 6) is 1.74. The molecule has 33 heavy (non-hydrogen) atoms. The van der Waals surface area contributed by atoms with Crippen LogP contribution < -0.4 is 10.3 Å². The van der Waals surface area contributed by atoms with Crippen LogP contribution in [0.25, 0.3) is 21.3 Å². The van der Waals surface area contributed by atoms with Gasteiger partial charge < -0.3 is 24.3 Å². The number of nitrogens with zero attached hydrogens (tertiary/aromatic N) is 2. The van der Waals surface area contributed by atoms with Gasteiger partial charge in [-0.3, -0.25) is 9.69 Å². The zero-order valence-corrected chi connectivity index (χ0v) is 20.5. The van der Waals surface area contributed by atoms with E-state index in [0.29, 0.717) is 54.8 Å². The number of ether oxygens (including phenoxy) is 3. The topological polar surface area (TPSA) is 96.9 Å². The van der Waals surface area contributed by atoms with E-state index in [1.807, 2.05) is 34.5 Å². The third kappa shape index (κ3) is 7.09. The summed E-state index contributed by atoms with van der Waals surface area (Å²) < 4.78 is 16.0. The van der Waals surface area contributed by atoms with E-state index >= 15 is 0 Å². The quantitative estimate of drug-likeness (QED) is 0.392. The molecule has 8 nitrogen and oxygen atoms in total. The second-order valence-corrected chi connectivity index (χ2v) is 9.24. The molecular formula is C24H33N3O5S. The number of aromatic nitrogens is 2. The van der Waals surface area contributed by atoms with Crippen LogP contribution in [0.4, 0.5) is 0 Å². The maximum atomic E-state index is 13.0. The predicted molar refractivity (Wildman–Crippen MR) is 131 cm³/mol. The summed E-state index contributed by atoms with van der Waals surface area (Å²) in [4.78, 5) is 23.3. The lowest BCUT2D eigenvalue weighted by Crippen LogP contribution is -2.37. The molecule has 0 amide bonds. The lowest BCUT2D eigenvalue weighted by Gasteiger charge is -2.24. The van der Waals surface area contributed by atoms with Crippen LogP contribution in [-0.4, -0.2) is 73.2 Å². The molecule has 2 aromatic heterocycles. The molecule has 0 aliphatic carbocycles. The van der Waals surface area contributed by atoms with Crippen LogP contribution in [-0.2, 0) is 16.0 Å². The van der Waals surface area contributed by atoms with Gasteiger partial charge in [-0.15, -0.1) is 11.3 Å². The number of aliphatic hydroxyl groups is 1. The Kier molecular flexibility index (Phi) is 9.40. The third-order valence-corrected chi connectivity index (χ3v) is 5.98. The molecule has 9 heteroatoms. The van der Waals surface area contributed by atoms with Gasteiger partial charge in [0, 0.05) is 37.7 Å². The maximum absolute atomic E-state index is 13.0. The van der Waals surface area contributed by atoms with Gasteiger partial charge in [-0.05, 0) is 23.6 Å². The van der Waals surface area contributed by atoms with Crippen molar-refractivity contribution in [2.24, 2.45) is 5.92 Å². The molecule has 0 fully saturated rings. The molecule has 3 rings (SSSR count). The van der Waals surface area contributed by atoms with Crippen LogP contribution in [0, 0.1) is 5.92 Å². The minimum Gasteiger partial charge on any atom is -0.497 e. The average molecular weight is 476 g/mol. The lowest BCUT2D eigenvalue weighted by molar-refractivity contribution is 0.00296. The highest BCUT2D eigenvalue weighted by Crippen LogP contribution is 2.31. The van der Waals surface area contributed by atoms with E-state index in [-0.39, 0.29) is 12.2 Å². The molecule has 0 aliphatic rings. The molecule has 0 saturated carbocycles. The SMILES string of the molecule is COCCN(Cc1nc2scc(-c3ccc(OC)cc3)c2c(=O)[nH]1)CC(O)COCC(C)C. The predicted octanol–water partition coefficient (Wildman–Crippen LogP) is 3.14. The smallest absolute Gasteiger partial charge is 0.260 e. The Hall–Kier alpha value is -2.30. The Labute approximate surface area is 198 Å². The van der Waals surface area contributed by atoms with Crippen molar-refractivity contribution in [3.05, 3.63) is 45.8 Å². The summed E-state index contributed by atoms with van der Waals surface area (Å²) in [7, 11) is 3.26. The Morgan fingerprint density at radius 3 is 2.61 bits per heavy atom. The second kappa shape index (κ2) is 12.2. The molecule has 0 aliphatic heterocycles. The minimum absolute atomic E-state index is 0.172. The molecule has 0 saturated heterocycles. The molecule has 1 aromatic carbocycles. The second-order valence-electron chi connectivity index (χ2n) is 8.38. The van der Waals surface area contributed by atoms with Gasteiger partial charge in [0.2, 0.25) is 0 Å². The zero-order chi connectivity index (χ0) is 23.8. The van der Waals surface area contributed by atoms with Crippen LogP contribution in [0.3, 0.4) is 0 Å². The monoisotopic (exact) mass is 475 g/mol. The average Bonchev–Trinajstić information content (AvgIpc) is 3.22. The van der Waals surface area contributed by atoms with Gasteiger partial charge >= 0.3 is 0 Å². The molecule has 2 N–H and O–H groups in total. The van der Waals surface area contributed by atoms with Crippen molar-refractivity contribution in [1.82, 2.24) is 14.9 Å². The van der Waals surface area contributed by atoms with Crippen molar-refractivity contribution in [2.45, 2.75) is 26.5 Å². The Bertz CT molecular complexity index is 1060. The van der Waals surface area contributed by atoms with Crippen molar-refractivity contribution >= 4 is 21.6 Å². The normalized spacial score (nSPS) is 12.7. The Morgan fingerprint density at radius 1 is 1.18 bits per heavy atom. The maximum Gasteiger partial charge on any atom is 0.260 e. The van der Waals surface area contributed by atoms with Gasteiger partial charge in [-0.1, -0.05) is 26.0 Å². The molecule has 0 spiro atoms. The molecule has 1 atom stereocenters. The number of methoxy groups -OCH3 is 2. The van der Waals surface area contributed by atoms with E-state index < -0.39 is 6.10 Å². The number of aromatic amines is 1. The highest BCUT2D eigenvalue weighted by molar-refractivity contribution is 7.17. The first-order valence-corrected chi connectivity index (χ1v) is 11.9. The number of hydrogen-bond donors (Lipinski definition) is 2. The summed E-state index contributed by atoms with van der Waals surface area (Å²) in [6.07, 6.45) is -0.639. The molecule has 180 valence electrons. The summed E-state index contributed by atoms with van der Waals surface area (Å²) in [5, 5.41) is 12.9. The first-order chi connectivity index (χ1) is 15.9. The van der Waals surface area contributed by atoms with E-state index in [0.717, 1.165) is 16.9 Å². The van der Waals surface area contributed by atoms with Gasteiger partial charge in [0.1, 0.15) is 16.4 Å². The zero-order valence-electron chi connectivity index (χ0n) is 19.7. The lowest BCUT2D eigenvalue weighted by atomic mass is 10.1. The summed E-state index contributed by atoms with van der Waals surface area (Å²) in [6, 6.07) is 7.61. The van der Waals surface area contributed by atoms with Crippen molar-refractivity contribution < 1.29 is 19.3 Å². The Balaban J connectivity index is 1.76. The minimum atomic E-state index is -0.639. The van der Waals surface area contributed by atoms with Crippen molar-refractivity contribution in [3.8, 4) is 16.9 Å². The number of nitrogens with one attached hydrogen (secondary N) is 1. The van der Waals surface area contributed by atoms with Crippen LogP contribution >= 0.6 is 11.3 Å². The highest BCUT2D eigenvalue weighted by Gasteiger charge is 2.17. The van der Waals surface area contributed by atoms with Crippen LogP contribution in [0.5, 0.6) is 5.75 Å². The van der Waals surface area contributed by atoms with E-state index in [4.69, 9.17) is 19.2 Å². The van der Waals surface area contributed by atoms with E-state index in [1.165, 1.54) is 11.3 Å². The molecule has 3 aromatic rings. The summed E-state index contributed by atoms with van der Waals surface area (Å²) in [5.41, 5.74) is 1.62. The number of rotatable bonds is 13. The van der Waals surface area contributed by atoms with Gasteiger partial charge in [-0.2, -0.15) is 0 Å². The van der Waals surface area contributed by atoms with E-state index in [2.05, 4.69) is 18.8 Å². The fourth-order valence-electron chi connectivity index (χ4n) is 3.51. The number of fused-ring (bicyclic) bond motifs is 1. The number of hydrogen-bond acceptors (Lipinski definition) is 8. The van der Waals surface area contributed by atoms with Crippen LogP contribution in [0.1, 0.15) is 19.7 Å². The molecule has 0 bridgehead atoms. The van der Waals surface area contributed by atoms with Crippen molar-refractivity contribution in [1.29, 1.82) is 0 Å². The molecule has 2 heterocycles. The van der Waals surface area contributed by atoms with Gasteiger partial charge in [0.15, 0.2) is 0 Å². The molecule has 0 radical (unpaired) electrons. The number of thiophene rings is 1. The first-order valence-electron chi connectivity index (χ1n) is 11.0. The highest BCUT2D eigenvalue weighted by atomic mass is 32.1. The van der Waals surface area contributed by atoms with Crippen molar-refractivity contribution in [2.75, 3.05) is 47.1 Å². The third-order valence-electron chi connectivity index (χ3n) is 5.11. The number of aliphatic hydroxyl groups excluding tert-OH is 1. The van der Waals surface area contributed by atoms with Crippen LogP contribution in [0.15, 0.2) is 34.4 Å². The van der Waals surface area contributed by atoms with Crippen LogP contribution in [0.2, 0.25) is 0 Å². The van der Waals surface area contributed by atoms with E-state index in [9.17, 15) is 9.90 Å². The van der Waals surface area contributed by atoms with E-state index in [1.54, 1.807) is 14.2 Å². The molecular weight excluding hydrogens is 442 g/mol. The van der Waals surface area contributed by atoms with Gasteiger partial charge in [0.25, 0.3) is 5.56 Å². The van der Waals surface area contributed by atoms with Gasteiger partial charge in [-0.25, -0.2) is 4.98 Å². The fraction of sp³-hybridized carbons (Fsp3) is 0.500. The Morgan fingerprint density at radius 2 is 1.94 bits per heavy atom. The van der Waals surface area contributed by atoms with Crippen molar-refractivity contribution in [3.63, 3.8) is 0 Å². The van der Waals surface area contributed by atoms with Gasteiger partial charge in [0.05, 0.1) is 38.4 Å². The number of H-pyrrole nitrogens is 1. The first kappa shape index (κ1) is 25.3. The standard InChI is InChI=1S/C24H33N3O5S/c1-16(2)13-32-14-18(28)11-27(9-10-30-3)12-21-25-23(29)22-20(15-33-24(22)26-21)17-5-7-19(31-4)8-6-17/h5-8,15-16,18,28H,9-14H2,1-4H3,(H,25,26,29). The summed E-state index contributed by atoms with van der Waals surface area (Å²) >= 11 is 1.44. The molecule has 1 unspecified atom stereocenters. The summed E-state index contributed by atoms with van der Waals surface area (Å²) in [6.45, 7) is 6.90. The largest absolute Gasteiger partial charge is 0.497 e. The number of benzene rings is 1. The fourth-order valence-corrected chi connectivity index (χ4v) is 4.48.